The molecular formula is C23H19N5O5. The second-order valence-corrected chi connectivity index (χ2v) is 7.55. The van der Waals surface area contributed by atoms with Crippen molar-refractivity contribution in [2.24, 2.45) is 0 Å². The second-order valence-electron chi connectivity index (χ2n) is 7.55. The van der Waals surface area contributed by atoms with E-state index < -0.39 is 22.8 Å². The first-order valence-electron chi connectivity index (χ1n) is 9.95. The highest BCUT2D eigenvalue weighted by Gasteiger charge is 2.37. The molecule has 1 aromatic carbocycles. The fourth-order valence-corrected chi connectivity index (χ4v) is 3.81. The van der Waals surface area contributed by atoms with Crippen molar-refractivity contribution in [3.8, 4) is 5.69 Å². The smallest absolute Gasteiger partial charge is 0.318 e. The Morgan fingerprint density at radius 3 is 2.36 bits per heavy atom. The number of benzene rings is 1. The predicted molar refractivity (Wildman–Crippen MR) is 120 cm³/mol. The largest absolute Gasteiger partial charge is 0.335 e. The number of rotatable bonds is 4. The van der Waals surface area contributed by atoms with Gasteiger partial charge in [0, 0.05) is 35.4 Å². The van der Waals surface area contributed by atoms with Crippen LogP contribution in [0.3, 0.4) is 0 Å². The van der Waals surface area contributed by atoms with Crippen LogP contribution >= 0.6 is 0 Å². The van der Waals surface area contributed by atoms with E-state index in [2.05, 4.69) is 10.3 Å². The summed E-state index contributed by atoms with van der Waals surface area (Å²) in [5.74, 6) is -1.56. The van der Waals surface area contributed by atoms with Crippen LogP contribution in [0.2, 0.25) is 0 Å². The van der Waals surface area contributed by atoms with Crippen molar-refractivity contribution in [3.63, 3.8) is 0 Å². The molecule has 0 bridgehead atoms. The number of carbonyl (C=O) groups is 3. The van der Waals surface area contributed by atoms with Crippen LogP contribution in [0.25, 0.3) is 11.8 Å². The van der Waals surface area contributed by atoms with E-state index in [1.165, 1.54) is 36.7 Å². The third-order valence-electron chi connectivity index (χ3n) is 5.44. The van der Waals surface area contributed by atoms with Gasteiger partial charge in [0.1, 0.15) is 5.57 Å². The van der Waals surface area contributed by atoms with Gasteiger partial charge in [0.15, 0.2) is 0 Å². The van der Waals surface area contributed by atoms with Gasteiger partial charge < -0.3 is 4.57 Å². The molecule has 0 spiro atoms. The predicted octanol–water partition coefficient (Wildman–Crippen LogP) is 3.37. The van der Waals surface area contributed by atoms with Gasteiger partial charge in [-0.1, -0.05) is 6.07 Å². The molecule has 3 aromatic rings. The minimum absolute atomic E-state index is 0.00625. The Labute approximate surface area is 188 Å². The summed E-state index contributed by atoms with van der Waals surface area (Å²) < 4.78 is 1.80. The van der Waals surface area contributed by atoms with E-state index in [0.29, 0.717) is 22.5 Å². The number of hydrogen-bond acceptors (Lipinski definition) is 6. The fourth-order valence-electron chi connectivity index (χ4n) is 3.81. The van der Waals surface area contributed by atoms with Crippen LogP contribution in [-0.2, 0) is 9.59 Å². The first-order chi connectivity index (χ1) is 15.7. The number of aromatic nitrogens is 2. The lowest BCUT2D eigenvalue weighted by Gasteiger charge is -2.26. The Bertz CT molecular complexity index is 1360. The molecule has 1 aliphatic heterocycles. The Morgan fingerprint density at radius 1 is 1.00 bits per heavy atom. The molecule has 2 aromatic heterocycles. The highest BCUT2D eigenvalue weighted by molar-refractivity contribution is 6.39. The number of pyridine rings is 1. The molecule has 1 aliphatic rings. The topological polar surface area (TPSA) is 127 Å². The van der Waals surface area contributed by atoms with Gasteiger partial charge in [-0.15, -0.1) is 0 Å². The van der Waals surface area contributed by atoms with Gasteiger partial charge in [-0.25, -0.2) is 9.69 Å². The first kappa shape index (κ1) is 21.6. The molecule has 1 fully saturated rings. The Kier molecular flexibility index (Phi) is 5.34. The molecule has 0 unspecified atom stereocenters. The number of nitro groups is 1. The number of nitrogens with zero attached hydrogens (tertiary/aromatic N) is 4. The van der Waals surface area contributed by atoms with Gasteiger partial charge >= 0.3 is 6.03 Å². The van der Waals surface area contributed by atoms with E-state index >= 15 is 0 Å². The van der Waals surface area contributed by atoms with Crippen molar-refractivity contribution < 1.29 is 19.3 Å². The molecule has 4 rings (SSSR count). The monoisotopic (exact) mass is 445 g/mol. The van der Waals surface area contributed by atoms with Gasteiger partial charge in [0.25, 0.3) is 17.5 Å². The number of anilines is 1. The molecule has 1 saturated heterocycles. The Balaban J connectivity index is 1.78. The molecule has 0 atom stereocenters. The Hall–Kier alpha value is -4.60. The summed E-state index contributed by atoms with van der Waals surface area (Å²) in [5, 5.41) is 13.5. The van der Waals surface area contributed by atoms with Crippen molar-refractivity contribution in [1.29, 1.82) is 0 Å². The number of urea groups is 1. The lowest BCUT2D eigenvalue weighted by Crippen LogP contribution is -2.54. The van der Waals surface area contributed by atoms with Crippen molar-refractivity contribution in [2.75, 3.05) is 4.90 Å². The summed E-state index contributed by atoms with van der Waals surface area (Å²) in [4.78, 5) is 53.5. The molecular weight excluding hydrogens is 426 g/mol. The average Bonchev–Trinajstić information content (AvgIpc) is 3.05. The molecule has 10 nitrogen and oxygen atoms in total. The maximum Gasteiger partial charge on any atom is 0.335 e. The van der Waals surface area contributed by atoms with Crippen molar-refractivity contribution >= 4 is 35.3 Å². The van der Waals surface area contributed by atoms with E-state index in [0.717, 1.165) is 10.6 Å². The van der Waals surface area contributed by atoms with E-state index in [1.807, 2.05) is 6.92 Å². The lowest BCUT2D eigenvalue weighted by molar-refractivity contribution is -0.385. The SMILES string of the molecule is Cc1ccc(-n2c(C)cc(/C=C3\C(=O)NC(=O)N(c4ccncc4)C3=O)c2C)cc1[N+](=O)[O-]. The number of amides is 4. The number of carbonyl (C=O) groups excluding carboxylic acids is 3. The molecule has 4 amide bonds. The summed E-state index contributed by atoms with van der Waals surface area (Å²) in [7, 11) is 0. The molecule has 33 heavy (non-hydrogen) atoms. The second kappa shape index (κ2) is 8.15. The summed E-state index contributed by atoms with van der Waals surface area (Å²) in [6, 6.07) is 8.81. The maximum atomic E-state index is 13.1. The normalized spacial score (nSPS) is 15.2. The van der Waals surface area contributed by atoms with Gasteiger partial charge in [-0.2, -0.15) is 0 Å². The zero-order valence-corrected chi connectivity index (χ0v) is 18.0. The number of imide groups is 2. The number of aryl methyl sites for hydroxylation is 2. The zero-order chi connectivity index (χ0) is 23.9. The molecule has 1 N–H and O–H groups in total. The van der Waals surface area contributed by atoms with Crippen LogP contribution in [0.4, 0.5) is 16.2 Å². The molecule has 10 heteroatoms. The van der Waals surface area contributed by atoms with Crippen LogP contribution < -0.4 is 10.2 Å². The van der Waals surface area contributed by atoms with Crippen molar-refractivity contribution in [3.05, 3.63) is 87.0 Å². The summed E-state index contributed by atoms with van der Waals surface area (Å²) in [5.41, 5.74) is 3.18. The first-order valence-corrected chi connectivity index (χ1v) is 9.95. The minimum atomic E-state index is -0.842. The number of hydrogen-bond donors (Lipinski definition) is 1. The van der Waals surface area contributed by atoms with Crippen molar-refractivity contribution in [2.45, 2.75) is 20.8 Å². The summed E-state index contributed by atoms with van der Waals surface area (Å²) in [6.07, 6.45) is 4.29. The van der Waals surface area contributed by atoms with E-state index in [-0.39, 0.29) is 16.9 Å². The molecule has 3 heterocycles. The number of nitrogens with one attached hydrogen (secondary N) is 1. The van der Waals surface area contributed by atoms with Gasteiger partial charge in [-0.05, 0) is 56.7 Å². The van der Waals surface area contributed by atoms with Crippen LogP contribution in [0.15, 0.2) is 54.4 Å². The van der Waals surface area contributed by atoms with E-state index in [4.69, 9.17) is 0 Å². The van der Waals surface area contributed by atoms with Crippen LogP contribution in [-0.4, -0.2) is 32.3 Å². The highest BCUT2D eigenvalue weighted by atomic mass is 16.6. The molecule has 0 saturated carbocycles. The molecule has 166 valence electrons. The standard InChI is InChI=1S/C23H19N5O5/c1-13-4-5-18(12-20(13)28(32)33)26-14(2)10-16(15(26)3)11-19-21(29)25-23(31)27(22(19)30)17-6-8-24-9-7-17/h4-12H,1-3H3,(H,25,29,31)/b19-11+. The van der Waals surface area contributed by atoms with Gasteiger partial charge in [0.05, 0.1) is 16.3 Å². The quantitative estimate of drug-likeness (QED) is 0.284. The van der Waals surface area contributed by atoms with E-state index in [1.54, 1.807) is 36.6 Å². The number of nitro benzene ring substituents is 1. The average molecular weight is 445 g/mol. The van der Waals surface area contributed by atoms with Crippen LogP contribution in [0, 0.1) is 30.9 Å². The number of barbiturate groups is 1. The maximum absolute atomic E-state index is 13.1. The van der Waals surface area contributed by atoms with Crippen molar-refractivity contribution in [1.82, 2.24) is 14.9 Å². The zero-order valence-electron chi connectivity index (χ0n) is 18.0. The van der Waals surface area contributed by atoms with Gasteiger partial charge in [0.2, 0.25) is 0 Å². The summed E-state index contributed by atoms with van der Waals surface area (Å²) >= 11 is 0. The summed E-state index contributed by atoms with van der Waals surface area (Å²) in [6.45, 7) is 5.26. The molecule has 0 aliphatic carbocycles. The third kappa shape index (κ3) is 3.78. The Morgan fingerprint density at radius 2 is 1.70 bits per heavy atom. The van der Waals surface area contributed by atoms with E-state index in [9.17, 15) is 24.5 Å². The van der Waals surface area contributed by atoms with Crippen LogP contribution in [0.5, 0.6) is 0 Å². The van der Waals surface area contributed by atoms with Crippen LogP contribution in [0.1, 0.15) is 22.5 Å². The lowest BCUT2D eigenvalue weighted by atomic mass is 10.1. The molecule has 0 radical (unpaired) electrons. The fraction of sp³-hybridized carbons (Fsp3) is 0.130. The van der Waals surface area contributed by atoms with Gasteiger partial charge in [-0.3, -0.25) is 30.0 Å². The highest BCUT2D eigenvalue weighted by Crippen LogP contribution is 2.28. The minimum Gasteiger partial charge on any atom is -0.318 e. The third-order valence-corrected chi connectivity index (χ3v) is 5.44.